The maximum absolute atomic E-state index is 12.7. The Bertz CT molecular complexity index is 1510. The van der Waals surface area contributed by atoms with E-state index in [1.165, 1.54) is 17.8 Å². The Kier molecular flexibility index (Phi) is 9.74. The average molecular weight is 605 g/mol. The van der Waals surface area contributed by atoms with Crippen molar-refractivity contribution in [2.45, 2.75) is 25.5 Å². The number of aryl methyl sites for hydroxylation is 2. The number of aromatic nitrogens is 3. The standard InChI is InChI=1S/C27H24Cl3N5O3S/c1-16-6-7-17(2)22(10-16)32-26(37)15-39-27-34-33-24(35(27)20-5-3-4-18(28)11-20)13-31-25(36)14-38-23-9-8-19(29)12-21(23)30/h3-12H,13-15H2,1-2H3,(H,31,36)(H,32,37). The number of nitrogens with zero attached hydrogens (tertiary/aromatic N) is 3. The molecule has 0 aliphatic carbocycles. The lowest BCUT2D eigenvalue weighted by molar-refractivity contribution is -0.123. The first-order valence-corrected chi connectivity index (χ1v) is 13.9. The Balaban J connectivity index is 1.44. The van der Waals surface area contributed by atoms with Crippen LogP contribution in [0, 0.1) is 13.8 Å². The van der Waals surface area contributed by atoms with Crippen LogP contribution < -0.4 is 15.4 Å². The van der Waals surface area contributed by atoms with E-state index in [1.807, 2.05) is 38.1 Å². The van der Waals surface area contributed by atoms with E-state index in [1.54, 1.807) is 34.9 Å². The Labute approximate surface area is 245 Å². The number of thioether (sulfide) groups is 1. The molecule has 0 aliphatic heterocycles. The van der Waals surface area contributed by atoms with E-state index in [4.69, 9.17) is 39.5 Å². The normalized spacial score (nSPS) is 10.8. The molecular weight excluding hydrogens is 581 g/mol. The minimum Gasteiger partial charge on any atom is -0.482 e. The van der Waals surface area contributed by atoms with Crippen molar-refractivity contribution < 1.29 is 14.3 Å². The quantitative estimate of drug-likeness (QED) is 0.207. The summed E-state index contributed by atoms with van der Waals surface area (Å²) in [5.41, 5.74) is 3.49. The number of anilines is 1. The number of ether oxygens (including phenoxy) is 1. The number of amides is 2. The van der Waals surface area contributed by atoms with E-state index in [0.29, 0.717) is 37.5 Å². The molecule has 4 aromatic rings. The van der Waals surface area contributed by atoms with Crippen molar-refractivity contribution in [3.63, 3.8) is 0 Å². The molecule has 1 heterocycles. The predicted octanol–water partition coefficient (Wildman–Crippen LogP) is 6.27. The summed E-state index contributed by atoms with van der Waals surface area (Å²) in [6.07, 6.45) is 0. The molecule has 0 atom stereocenters. The monoisotopic (exact) mass is 603 g/mol. The molecule has 3 aromatic carbocycles. The minimum absolute atomic E-state index is 0.0608. The zero-order chi connectivity index (χ0) is 27.9. The molecule has 0 aliphatic rings. The third kappa shape index (κ3) is 7.89. The van der Waals surface area contributed by atoms with Gasteiger partial charge in [-0.05, 0) is 67.4 Å². The molecule has 12 heteroatoms. The number of hydrogen-bond donors (Lipinski definition) is 2. The SMILES string of the molecule is Cc1ccc(C)c(NC(=O)CSc2nnc(CNC(=O)COc3ccc(Cl)cc3Cl)n2-c2cccc(Cl)c2)c1. The molecule has 2 N–H and O–H groups in total. The molecule has 0 spiro atoms. The van der Waals surface area contributed by atoms with Gasteiger partial charge in [0.05, 0.1) is 23.0 Å². The molecule has 0 radical (unpaired) electrons. The fraction of sp³-hybridized carbons (Fsp3) is 0.185. The Morgan fingerprint density at radius 2 is 1.74 bits per heavy atom. The van der Waals surface area contributed by atoms with Gasteiger partial charge in [0.15, 0.2) is 17.6 Å². The first-order valence-electron chi connectivity index (χ1n) is 11.7. The van der Waals surface area contributed by atoms with Crippen LogP contribution in [-0.4, -0.2) is 38.9 Å². The second-order valence-electron chi connectivity index (χ2n) is 8.51. The first-order chi connectivity index (χ1) is 18.7. The van der Waals surface area contributed by atoms with E-state index in [-0.39, 0.29) is 30.7 Å². The zero-order valence-electron chi connectivity index (χ0n) is 21.0. The first kappa shape index (κ1) is 28.8. The molecule has 4 rings (SSSR count). The van der Waals surface area contributed by atoms with E-state index in [9.17, 15) is 9.59 Å². The van der Waals surface area contributed by atoms with Crippen molar-refractivity contribution in [1.29, 1.82) is 0 Å². The topological polar surface area (TPSA) is 98.1 Å². The fourth-order valence-corrected chi connectivity index (χ4v) is 4.95. The van der Waals surface area contributed by atoms with Gasteiger partial charge in [-0.3, -0.25) is 14.2 Å². The summed E-state index contributed by atoms with van der Waals surface area (Å²) in [5.74, 6) is 0.336. The predicted molar refractivity (Wildman–Crippen MR) is 155 cm³/mol. The molecule has 0 saturated carbocycles. The lowest BCUT2D eigenvalue weighted by Gasteiger charge is -2.12. The third-order valence-corrected chi connectivity index (χ3v) is 7.16. The van der Waals surface area contributed by atoms with Gasteiger partial charge < -0.3 is 15.4 Å². The molecular formula is C27H24Cl3N5O3S. The van der Waals surface area contributed by atoms with Crippen molar-refractivity contribution >= 4 is 64.1 Å². The van der Waals surface area contributed by atoms with Crippen LogP contribution in [0.3, 0.4) is 0 Å². The third-order valence-electron chi connectivity index (χ3n) is 5.46. The van der Waals surface area contributed by atoms with Crippen molar-refractivity contribution in [2.75, 3.05) is 17.7 Å². The second kappa shape index (κ2) is 13.2. The number of hydrogen-bond acceptors (Lipinski definition) is 6. The molecule has 2 amide bonds. The van der Waals surface area contributed by atoms with Crippen LogP contribution in [0.25, 0.3) is 5.69 Å². The smallest absolute Gasteiger partial charge is 0.258 e. The summed E-state index contributed by atoms with van der Waals surface area (Å²) in [7, 11) is 0. The molecule has 0 fully saturated rings. The van der Waals surface area contributed by atoms with Gasteiger partial charge in [-0.1, -0.05) is 64.8 Å². The Morgan fingerprint density at radius 3 is 2.51 bits per heavy atom. The van der Waals surface area contributed by atoms with Crippen molar-refractivity contribution in [2.24, 2.45) is 0 Å². The highest BCUT2D eigenvalue weighted by Crippen LogP contribution is 2.28. The molecule has 0 unspecified atom stereocenters. The van der Waals surface area contributed by atoms with Gasteiger partial charge >= 0.3 is 0 Å². The van der Waals surface area contributed by atoms with E-state index >= 15 is 0 Å². The number of nitrogens with one attached hydrogen (secondary N) is 2. The second-order valence-corrected chi connectivity index (χ2v) is 10.7. The van der Waals surface area contributed by atoms with Gasteiger partial charge in [0, 0.05) is 15.7 Å². The number of rotatable bonds is 10. The van der Waals surface area contributed by atoms with Gasteiger partial charge in [-0.25, -0.2) is 0 Å². The minimum atomic E-state index is -0.385. The highest BCUT2D eigenvalue weighted by atomic mass is 35.5. The van der Waals surface area contributed by atoms with Gasteiger partial charge in [0.25, 0.3) is 5.91 Å². The van der Waals surface area contributed by atoms with Crippen LogP contribution in [0.2, 0.25) is 15.1 Å². The summed E-state index contributed by atoms with van der Waals surface area (Å²) in [5, 5.41) is 16.0. The fourth-order valence-electron chi connectivity index (χ4n) is 3.53. The highest BCUT2D eigenvalue weighted by molar-refractivity contribution is 7.99. The van der Waals surface area contributed by atoms with Crippen molar-refractivity contribution in [3.05, 3.63) is 92.7 Å². The van der Waals surface area contributed by atoms with Gasteiger partial charge in [0.2, 0.25) is 5.91 Å². The molecule has 39 heavy (non-hydrogen) atoms. The number of benzene rings is 3. The average Bonchev–Trinajstić information content (AvgIpc) is 3.30. The number of halogens is 3. The lowest BCUT2D eigenvalue weighted by atomic mass is 10.1. The molecule has 202 valence electrons. The van der Waals surface area contributed by atoms with Crippen LogP contribution in [-0.2, 0) is 16.1 Å². The van der Waals surface area contributed by atoms with Crippen LogP contribution >= 0.6 is 46.6 Å². The van der Waals surface area contributed by atoms with E-state index < -0.39 is 0 Å². The molecule has 8 nitrogen and oxygen atoms in total. The van der Waals surface area contributed by atoms with Crippen LogP contribution in [0.4, 0.5) is 5.69 Å². The number of carbonyl (C=O) groups is 2. The summed E-state index contributed by atoms with van der Waals surface area (Å²) in [4.78, 5) is 25.2. The van der Waals surface area contributed by atoms with Crippen LogP contribution in [0.1, 0.15) is 17.0 Å². The van der Waals surface area contributed by atoms with Crippen molar-refractivity contribution in [3.8, 4) is 11.4 Å². The Morgan fingerprint density at radius 1 is 0.949 bits per heavy atom. The molecule has 0 saturated heterocycles. The largest absolute Gasteiger partial charge is 0.482 e. The summed E-state index contributed by atoms with van der Waals surface area (Å²) < 4.78 is 7.24. The Hall–Kier alpha value is -3.24. The van der Waals surface area contributed by atoms with Gasteiger partial charge in [-0.15, -0.1) is 10.2 Å². The van der Waals surface area contributed by atoms with Crippen LogP contribution in [0.15, 0.2) is 65.8 Å². The maximum atomic E-state index is 12.7. The van der Waals surface area contributed by atoms with E-state index in [0.717, 1.165) is 16.8 Å². The summed E-state index contributed by atoms with van der Waals surface area (Å²) in [6, 6.07) is 17.8. The van der Waals surface area contributed by atoms with Crippen molar-refractivity contribution in [1.82, 2.24) is 20.1 Å². The van der Waals surface area contributed by atoms with E-state index in [2.05, 4.69) is 20.8 Å². The van der Waals surface area contributed by atoms with Gasteiger partial charge in [0.1, 0.15) is 5.75 Å². The molecule has 0 bridgehead atoms. The van der Waals surface area contributed by atoms with Crippen LogP contribution in [0.5, 0.6) is 5.75 Å². The highest BCUT2D eigenvalue weighted by Gasteiger charge is 2.18. The summed E-state index contributed by atoms with van der Waals surface area (Å²) >= 11 is 19.4. The molecule has 1 aromatic heterocycles. The maximum Gasteiger partial charge on any atom is 0.258 e. The number of carbonyl (C=O) groups excluding carboxylic acids is 2. The van der Waals surface area contributed by atoms with Gasteiger partial charge in [-0.2, -0.15) is 0 Å². The summed E-state index contributed by atoms with van der Waals surface area (Å²) in [6.45, 7) is 3.71. The lowest BCUT2D eigenvalue weighted by Crippen LogP contribution is -2.29. The zero-order valence-corrected chi connectivity index (χ0v) is 24.1.